The Labute approximate surface area is 64.0 Å². The van der Waals surface area contributed by atoms with Crippen molar-refractivity contribution in [3.8, 4) is 0 Å². The smallest absolute Gasteiger partial charge is 0.379 e. The van der Waals surface area contributed by atoms with Gasteiger partial charge in [0.05, 0.1) is 13.2 Å². The fraction of sp³-hybridized carbons (Fsp3) is 1.00. The minimum atomic E-state index is -5.67. The molecule has 1 aliphatic heterocycles. The van der Waals surface area contributed by atoms with Gasteiger partial charge >= 0.3 is 10.6 Å². The Balaban J connectivity index is 0.000000187. The quantitative estimate of drug-likeness (QED) is 0.535. The first-order valence-corrected chi connectivity index (χ1v) is 4.21. The Morgan fingerprint density at radius 3 is 1.64 bits per heavy atom. The van der Waals surface area contributed by atoms with E-state index in [0.717, 1.165) is 26.3 Å². The predicted molar refractivity (Wildman–Crippen MR) is 34.8 cm³/mol. The van der Waals surface area contributed by atoms with Crippen molar-refractivity contribution in [1.29, 1.82) is 0 Å². The first-order chi connectivity index (χ1) is 5.00. The summed E-state index contributed by atoms with van der Waals surface area (Å²) in [5.41, 5.74) is 0. The van der Waals surface area contributed by atoms with Crippen LogP contribution in [0.15, 0.2) is 0 Å². The molecule has 0 bridgehead atoms. The van der Waals surface area contributed by atoms with E-state index in [1.165, 1.54) is 0 Å². The van der Waals surface area contributed by atoms with Crippen LogP contribution < -0.4 is 5.32 Å². The zero-order valence-corrected chi connectivity index (χ0v) is 6.53. The molecule has 1 rings (SSSR count). The molecule has 1 fully saturated rings. The highest BCUT2D eigenvalue weighted by molar-refractivity contribution is 7.81. The van der Waals surface area contributed by atoms with E-state index in [1.54, 1.807) is 0 Å². The van der Waals surface area contributed by atoms with Crippen LogP contribution in [-0.4, -0.2) is 34.7 Å². The van der Waals surface area contributed by atoms with Gasteiger partial charge in [0.25, 0.3) is 0 Å². The topological polar surface area (TPSA) is 55.4 Å². The highest BCUT2D eigenvalue weighted by Gasteiger charge is 1.94. The molecule has 7 heteroatoms. The molecule has 11 heavy (non-hydrogen) atoms. The molecule has 0 saturated carbocycles. The summed E-state index contributed by atoms with van der Waals surface area (Å²) >= 11 is 0. The lowest BCUT2D eigenvalue weighted by Crippen LogP contribution is -2.30. The van der Waals surface area contributed by atoms with E-state index < -0.39 is 10.6 Å². The molecule has 1 saturated heterocycles. The van der Waals surface area contributed by atoms with Gasteiger partial charge in [0.15, 0.2) is 0 Å². The van der Waals surface area contributed by atoms with Gasteiger partial charge in [-0.15, -0.1) is 0 Å². The second kappa shape index (κ2) is 5.39. The Hall–Kier alpha value is -0.270. The normalized spacial score (nSPS) is 18.4. The van der Waals surface area contributed by atoms with E-state index in [9.17, 15) is 7.77 Å². The average molecular weight is 189 g/mol. The Morgan fingerprint density at radius 2 is 1.55 bits per heavy atom. The molecule has 0 radical (unpaired) electrons. The number of nitrogens with one attached hydrogen (secondary N) is 1. The number of hydrogen-bond acceptors (Lipinski definition) is 4. The van der Waals surface area contributed by atoms with Crippen LogP contribution in [-0.2, 0) is 15.3 Å². The van der Waals surface area contributed by atoms with Gasteiger partial charge in [-0.25, -0.2) is 0 Å². The summed E-state index contributed by atoms with van der Waals surface area (Å²) in [6.07, 6.45) is 0. The molecule has 0 atom stereocenters. The third-order valence-corrected chi connectivity index (χ3v) is 0.846. The minimum absolute atomic E-state index is 0.889. The fourth-order valence-corrected chi connectivity index (χ4v) is 0.516. The molecule has 0 amide bonds. The van der Waals surface area contributed by atoms with Crippen LogP contribution in [0.5, 0.6) is 0 Å². The van der Waals surface area contributed by atoms with Crippen molar-refractivity contribution in [2.45, 2.75) is 0 Å². The highest BCUT2D eigenvalue weighted by atomic mass is 32.3. The van der Waals surface area contributed by atoms with Crippen LogP contribution >= 0.6 is 0 Å². The fourth-order valence-electron chi connectivity index (χ4n) is 0.516. The van der Waals surface area contributed by atoms with E-state index in [-0.39, 0.29) is 0 Å². The summed E-state index contributed by atoms with van der Waals surface area (Å²) in [5, 5.41) is 3.16. The van der Waals surface area contributed by atoms with Crippen LogP contribution in [0, 0.1) is 0 Å². The van der Waals surface area contributed by atoms with Gasteiger partial charge in [0.1, 0.15) is 0 Å². The first-order valence-electron chi connectivity index (χ1n) is 2.93. The highest BCUT2D eigenvalue weighted by Crippen LogP contribution is 1.85. The SMILES string of the molecule is C1COCCN1.O=S(=O)(F)F. The summed E-state index contributed by atoms with van der Waals surface area (Å²) < 4.78 is 41.6. The Morgan fingerprint density at radius 1 is 1.18 bits per heavy atom. The maximum Gasteiger partial charge on any atom is 0.476 e. The maximum absolute atomic E-state index is 9.99. The average Bonchev–Trinajstić information content (AvgIpc) is 1.88. The van der Waals surface area contributed by atoms with E-state index in [1.807, 2.05) is 0 Å². The number of morpholine rings is 1. The molecule has 4 nitrogen and oxygen atoms in total. The number of halogens is 2. The largest absolute Gasteiger partial charge is 0.476 e. The van der Waals surface area contributed by atoms with Crippen molar-refractivity contribution in [2.75, 3.05) is 26.3 Å². The minimum Gasteiger partial charge on any atom is -0.379 e. The van der Waals surface area contributed by atoms with E-state index in [0.29, 0.717) is 0 Å². The summed E-state index contributed by atoms with van der Waals surface area (Å²) in [6.45, 7) is 3.83. The lowest BCUT2D eigenvalue weighted by Gasteiger charge is -2.10. The third-order valence-electron chi connectivity index (χ3n) is 0.846. The molecule has 0 aromatic carbocycles. The molecule has 1 heterocycles. The first kappa shape index (κ1) is 10.7. The van der Waals surface area contributed by atoms with Crippen LogP contribution in [0.2, 0.25) is 0 Å². The van der Waals surface area contributed by atoms with Crippen LogP contribution in [0.3, 0.4) is 0 Å². The lowest BCUT2D eigenvalue weighted by atomic mass is 10.5. The lowest BCUT2D eigenvalue weighted by molar-refractivity contribution is 0.109. The van der Waals surface area contributed by atoms with Crippen molar-refractivity contribution in [3.05, 3.63) is 0 Å². The molecule has 0 unspecified atom stereocenters. The molecular formula is C4H9F2NO3S. The van der Waals surface area contributed by atoms with Gasteiger partial charge in [-0.1, -0.05) is 7.77 Å². The van der Waals surface area contributed by atoms with Crippen LogP contribution in [0.1, 0.15) is 0 Å². The summed E-state index contributed by atoms with van der Waals surface area (Å²) in [5.74, 6) is 0. The summed E-state index contributed by atoms with van der Waals surface area (Å²) in [7, 11) is -5.67. The van der Waals surface area contributed by atoms with Crippen LogP contribution in [0.4, 0.5) is 7.77 Å². The van der Waals surface area contributed by atoms with Gasteiger partial charge in [-0.05, 0) is 0 Å². The van der Waals surface area contributed by atoms with Gasteiger partial charge < -0.3 is 10.1 Å². The van der Waals surface area contributed by atoms with Gasteiger partial charge in [0.2, 0.25) is 0 Å². The standard InChI is InChI=1S/C4H9NO.F2O2S/c1-3-6-4-2-5-1;1-5(2,3)4/h5H,1-4H2;. The molecule has 68 valence electrons. The number of rotatable bonds is 0. The van der Waals surface area contributed by atoms with E-state index in [2.05, 4.69) is 5.32 Å². The summed E-state index contributed by atoms with van der Waals surface area (Å²) in [4.78, 5) is 0. The second-order valence-electron chi connectivity index (χ2n) is 1.74. The van der Waals surface area contributed by atoms with Crippen LogP contribution in [0.25, 0.3) is 0 Å². The molecule has 0 aliphatic carbocycles. The second-order valence-corrected chi connectivity index (χ2v) is 2.50. The Bertz CT molecular complexity index is 158. The number of hydrogen-bond donors (Lipinski definition) is 1. The van der Waals surface area contributed by atoms with Gasteiger partial charge in [-0.3, -0.25) is 0 Å². The Kier molecular flexibility index (Phi) is 5.26. The van der Waals surface area contributed by atoms with E-state index in [4.69, 9.17) is 13.2 Å². The van der Waals surface area contributed by atoms with Crippen molar-refractivity contribution >= 4 is 10.6 Å². The zero-order chi connectivity index (χ0) is 8.74. The molecule has 0 aromatic heterocycles. The van der Waals surface area contributed by atoms with Gasteiger partial charge in [-0.2, -0.15) is 8.42 Å². The molecule has 0 spiro atoms. The third kappa shape index (κ3) is 17.7. The van der Waals surface area contributed by atoms with Crippen molar-refractivity contribution in [1.82, 2.24) is 5.32 Å². The molecule has 1 N–H and O–H groups in total. The molecule has 1 aliphatic rings. The predicted octanol–water partition coefficient (Wildman–Crippen LogP) is -0.224. The monoisotopic (exact) mass is 189 g/mol. The molecular weight excluding hydrogens is 180 g/mol. The van der Waals surface area contributed by atoms with Gasteiger partial charge in [0, 0.05) is 13.1 Å². The van der Waals surface area contributed by atoms with E-state index >= 15 is 0 Å². The molecule has 0 aromatic rings. The van der Waals surface area contributed by atoms with Crippen molar-refractivity contribution in [3.63, 3.8) is 0 Å². The maximum atomic E-state index is 9.99. The van der Waals surface area contributed by atoms with Crippen molar-refractivity contribution in [2.24, 2.45) is 0 Å². The zero-order valence-electron chi connectivity index (χ0n) is 5.72. The summed E-state index contributed by atoms with van der Waals surface area (Å²) in [6, 6.07) is 0. The number of ether oxygens (including phenoxy) is 1. The van der Waals surface area contributed by atoms with Crippen molar-refractivity contribution < 1.29 is 20.9 Å².